The molecule has 1 aliphatic carbocycles. The molecule has 0 atom stereocenters. The fourth-order valence-corrected chi connectivity index (χ4v) is 2.74. The standard InChI is InChI=1S/C15H26N2O2/c1-11-13(12(2)19-17-11)9-16-10-15(18)7-5-14(3,4)6-8-15/h16,18H,5-10H2,1-4H3. The van der Waals surface area contributed by atoms with E-state index in [0.29, 0.717) is 18.5 Å². The van der Waals surface area contributed by atoms with Crippen LogP contribution in [0.5, 0.6) is 0 Å². The average molecular weight is 266 g/mol. The minimum Gasteiger partial charge on any atom is -0.389 e. The van der Waals surface area contributed by atoms with E-state index in [1.807, 2.05) is 13.8 Å². The van der Waals surface area contributed by atoms with Crippen molar-refractivity contribution in [1.82, 2.24) is 10.5 Å². The summed E-state index contributed by atoms with van der Waals surface area (Å²) in [6.45, 7) is 9.80. The summed E-state index contributed by atoms with van der Waals surface area (Å²) < 4.78 is 5.14. The van der Waals surface area contributed by atoms with Crippen molar-refractivity contribution in [2.45, 2.75) is 65.5 Å². The van der Waals surface area contributed by atoms with E-state index >= 15 is 0 Å². The number of nitrogens with one attached hydrogen (secondary N) is 1. The van der Waals surface area contributed by atoms with Crippen molar-refractivity contribution >= 4 is 0 Å². The Morgan fingerprint density at radius 3 is 2.37 bits per heavy atom. The molecule has 1 aromatic rings. The number of nitrogens with zero attached hydrogens (tertiary/aromatic N) is 1. The molecule has 0 radical (unpaired) electrons. The second-order valence-corrected chi connectivity index (χ2v) is 6.79. The van der Waals surface area contributed by atoms with E-state index in [9.17, 15) is 5.11 Å². The lowest BCUT2D eigenvalue weighted by molar-refractivity contribution is -0.0245. The molecule has 1 fully saturated rings. The van der Waals surface area contributed by atoms with Gasteiger partial charge in [0.2, 0.25) is 0 Å². The van der Waals surface area contributed by atoms with Gasteiger partial charge in [0.05, 0.1) is 11.3 Å². The fraction of sp³-hybridized carbons (Fsp3) is 0.800. The third kappa shape index (κ3) is 3.57. The van der Waals surface area contributed by atoms with Crippen LogP contribution in [0.15, 0.2) is 4.52 Å². The summed E-state index contributed by atoms with van der Waals surface area (Å²) in [6, 6.07) is 0. The van der Waals surface area contributed by atoms with Gasteiger partial charge in [0.15, 0.2) is 0 Å². The number of hydrogen-bond acceptors (Lipinski definition) is 4. The van der Waals surface area contributed by atoms with Gasteiger partial charge in [0.25, 0.3) is 0 Å². The zero-order valence-electron chi connectivity index (χ0n) is 12.5. The summed E-state index contributed by atoms with van der Waals surface area (Å²) in [4.78, 5) is 0. The molecule has 4 nitrogen and oxygen atoms in total. The van der Waals surface area contributed by atoms with Crippen LogP contribution in [0, 0.1) is 19.3 Å². The third-order valence-electron chi connectivity index (χ3n) is 4.47. The van der Waals surface area contributed by atoms with Crippen LogP contribution in [-0.4, -0.2) is 22.4 Å². The third-order valence-corrected chi connectivity index (χ3v) is 4.47. The Balaban J connectivity index is 1.83. The molecule has 4 heteroatoms. The van der Waals surface area contributed by atoms with Gasteiger partial charge in [-0.2, -0.15) is 0 Å². The van der Waals surface area contributed by atoms with Gasteiger partial charge in [-0.3, -0.25) is 0 Å². The van der Waals surface area contributed by atoms with Crippen LogP contribution in [0.4, 0.5) is 0 Å². The molecule has 0 amide bonds. The first-order valence-electron chi connectivity index (χ1n) is 7.16. The summed E-state index contributed by atoms with van der Waals surface area (Å²) in [5.41, 5.74) is 1.88. The quantitative estimate of drug-likeness (QED) is 0.879. The van der Waals surface area contributed by atoms with Gasteiger partial charge in [-0.15, -0.1) is 0 Å². The molecule has 1 aromatic heterocycles. The predicted molar refractivity (Wildman–Crippen MR) is 74.9 cm³/mol. The minimum absolute atomic E-state index is 0.383. The second-order valence-electron chi connectivity index (χ2n) is 6.79. The highest BCUT2D eigenvalue weighted by molar-refractivity contribution is 5.20. The van der Waals surface area contributed by atoms with Crippen LogP contribution < -0.4 is 5.32 Å². The molecular formula is C15H26N2O2. The van der Waals surface area contributed by atoms with Gasteiger partial charge in [-0.1, -0.05) is 19.0 Å². The Bertz CT molecular complexity index is 408. The van der Waals surface area contributed by atoms with Gasteiger partial charge < -0.3 is 14.9 Å². The number of aliphatic hydroxyl groups is 1. The van der Waals surface area contributed by atoms with Crippen LogP contribution in [0.3, 0.4) is 0 Å². The minimum atomic E-state index is -0.547. The first-order valence-corrected chi connectivity index (χ1v) is 7.16. The van der Waals surface area contributed by atoms with Crippen molar-refractivity contribution < 1.29 is 9.63 Å². The van der Waals surface area contributed by atoms with Crippen molar-refractivity contribution in [2.24, 2.45) is 5.41 Å². The molecule has 0 bridgehead atoms. The number of aryl methyl sites for hydroxylation is 2. The average Bonchev–Trinajstić information content (AvgIpc) is 2.65. The Morgan fingerprint density at radius 1 is 1.21 bits per heavy atom. The number of rotatable bonds is 4. The molecule has 0 saturated heterocycles. The summed E-state index contributed by atoms with van der Waals surface area (Å²) in [7, 11) is 0. The smallest absolute Gasteiger partial charge is 0.138 e. The number of hydrogen-bond donors (Lipinski definition) is 2. The van der Waals surface area contributed by atoms with E-state index in [2.05, 4.69) is 24.3 Å². The fourth-order valence-electron chi connectivity index (χ4n) is 2.74. The Morgan fingerprint density at radius 2 is 1.84 bits per heavy atom. The highest BCUT2D eigenvalue weighted by Gasteiger charge is 2.36. The number of aromatic nitrogens is 1. The molecule has 0 aliphatic heterocycles. The first kappa shape index (κ1) is 14.5. The second kappa shape index (κ2) is 5.25. The van der Waals surface area contributed by atoms with Crippen molar-refractivity contribution in [3.05, 3.63) is 17.0 Å². The van der Waals surface area contributed by atoms with E-state index < -0.39 is 5.60 Å². The topological polar surface area (TPSA) is 58.3 Å². The summed E-state index contributed by atoms with van der Waals surface area (Å²) >= 11 is 0. The van der Waals surface area contributed by atoms with Gasteiger partial charge in [0, 0.05) is 18.7 Å². The highest BCUT2D eigenvalue weighted by atomic mass is 16.5. The van der Waals surface area contributed by atoms with E-state index in [0.717, 1.165) is 42.7 Å². The predicted octanol–water partition coefficient (Wildman–Crippen LogP) is 2.71. The lowest BCUT2D eigenvalue weighted by Crippen LogP contribution is -2.44. The van der Waals surface area contributed by atoms with Gasteiger partial charge >= 0.3 is 0 Å². The molecular weight excluding hydrogens is 240 g/mol. The van der Waals surface area contributed by atoms with E-state index in [1.54, 1.807) is 0 Å². The first-order chi connectivity index (χ1) is 8.81. The molecule has 0 aromatic carbocycles. The van der Waals surface area contributed by atoms with E-state index in [1.165, 1.54) is 0 Å². The molecule has 2 rings (SSSR count). The zero-order chi connectivity index (χ0) is 14.1. The Labute approximate surface area is 115 Å². The van der Waals surface area contributed by atoms with Crippen LogP contribution >= 0.6 is 0 Å². The largest absolute Gasteiger partial charge is 0.389 e. The lowest BCUT2D eigenvalue weighted by atomic mass is 9.71. The van der Waals surface area contributed by atoms with E-state index in [4.69, 9.17) is 4.52 Å². The van der Waals surface area contributed by atoms with E-state index in [-0.39, 0.29) is 0 Å². The zero-order valence-corrected chi connectivity index (χ0v) is 12.5. The molecule has 1 aliphatic rings. The summed E-state index contributed by atoms with van der Waals surface area (Å²) in [5, 5.41) is 17.9. The summed E-state index contributed by atoms with van der Waals surface area (Å²) in [5.74, 6) is 0.863. The van der Waals surface area contributed by atoms with Crippen molar-refractivity contribution in [2.75, 3.05) is 6.54 Å². The monoisotopic (exact) mass is 266 g/mol. The normalized spacial score (nSPS) is 21.5. The molecule has 19 heavy (non-hydrogen) atoms. The maximum atomic E-state index is 10.6. The molecule has 0 unspecified atom stereocenters. The Hall–Kier alpha value is -0.870. The van der Waals surface area contributed by atoms with Crippen molar-refractivity contribution in [1.29, 1.82) is 0 Å². The maximum absolute atomic E-state index is 10.6. The Kier molecular flexibility index (Phi) is 4.02. The van der Waals surface area contributed by atoms with Crippen LogP contribution in [0.2, 0.25) is 0 Å². The van der Waals surface area contributed by atoms with Crippen molar-refractivity contribution in [3.8, 4) is 0 Å². The van der Waals surface area contributed by atoms with Gasteiger partial charge in [-0.05, 0) is 44.9 Å². The molecule has 0 spiro atoms. The van der Waals surface area contributed by atoms with Gasteiger partial charge in [-0.25, -0.2) is 0 Å². The van der Waals surface area contributed by atoms with Crippen LogP contribution in [0.25, 0.3) is 0 Å². The molecule has 1 saturated carbocycles. The lowest BCUT2D eigenvalue weighted by Gasteiger charge is -2.40. The van der Waals surface area contributed by atoms with Crippen LogP contribution in [0.1, 0.15) is 56.5 Å². The van der Waals surface area contributed by atoms with Gasteiger partial charge in [0.1, 0.15) is 5.76 Å². The molecule has 2 N–H and O–H groups in total. The molecule has 1 heterocycles. The van der Waals surface area contributed by atoms with Crippen molar-refractivity contribution in [3.63, 3.8) is 0 Å². The SMILES string of the molecule is Cc1noc(C)c1CNCC1(O)CCC(C)(C)CC1. The maximum Gasteiger partial charge on any atom is 0.138 e. The highest BCUT2D eigenvalue weighted by Crippen LogP contribution is 2.39. The van der Waals surface area contributed by atoms with Crippen LogP contribution in [-0.2, 0) is 6.54 Å². The summed E-state index contributed by atoms with van der Waals surface area (Å²) in [6.07, 6.45) is 3.95. The molecule has 108 valence electrons.